The average Bonchev–Trinajstić information content (AvgIpc) is 3.36. The van der Waals surface area contributed by atoms with Crippen molar-refractivity contribution in [1.29, 1.82) is 0 Å². The molecule has 9 nitrogen and oxygen atoms in total. The summed E-state index contributed by atoms with van der Waals surface area (Å²) in [4.78, 5) is 37.9. The number of esters is 2. The highest BCUT2D eigenvalue weighted by Gasteiger charge is 2.22. The van der Waals surface area contributed by atoms with E-state index in [-0.39, 0.29) is 32.0 Å². The number of quaternary nitrogens is 1. The lowest BCUT2D eigenvalue weighted by Crippen LogP contribution is -2.37. The summed E-state index contributed by atoms with van der Waals surface area (Å²) in [5.74, 6) is -0.837. The van der Waals surface area contributed by atoms with E-state index in [0.29, 0.717) is 17.4 Å². The van der Waals surface area contributed by atoms with E-state index in [1.54, 1.807) is 0 Å². The zero-order valence-corrected chi connectivity index (χ0v) is 49.4. The maximum Gasteiger partial charge on any atom is 0.306 e. The van der Waals surface area contributed by atoms with Gasteiger partial charge in [-0.05, 0) is 89.9 Å². The van der Waals surface area contributed by atoms with E-state index in [1.165, 1.54) is 141 Å². The number of phosphoric acid groups is 1. The van der Waals surface area contributed by atoms with Crippen LogP contribution in [0.5, 0.6) is 0 Å². The fourth-order valence-corrected chi connectivity index (χ4v) is 8.97. The summed E-state index contributed by atoms with van der Waals surface area (Å²) < 4.78 is 34.2. The molecule has 0 N–H and O–H groups in total. The smallest absolute Gasteiger partial charge is 0.306 e. The molecule has 0 saturated carbocycles. The highest BCUT2D eigenvalue weighted by molar-refractivity contribution is 7.45. The van der Waals surface area contributed by atoms with Crippen LogP contribution in [0.3, 0.4) is 0 Å². The van der Waals surface area contributed by atoms with Crippen molar-refractivity contribution in [3.8, 4) is 0 Å². The van der Waals surface area contributed by atoms with Gasteiger partial charge in [-0.3, -0.25) is 14.2 Å². The molecule has 74 heavy (non-hydrogen) atoms. The van der Waals surface area contributed by atoms with Crippen LogP contribution in [-0.4, -0.2) is 70.0 Å². The van der Waals surface area contributed by atoms with Gasteiger partial charge in [0.1, 0.15) is 19.8 Å². The first-order chi connectivity index (χ1) is 36.0. The molecule has 0 heterocycles. The van der Waals surface area contributed by atoms with Crippen LogP contribution in [0.4, 0.5) is 0 Å². The quantitative estimate of drug-likeness (QED) is 0.0195. The first-order valence-electron chi connectivity index (χ1n) is 30.3. The van der Waals surface area contributed by atoms with Crippen LogP contribution in [0, 0.1) is 0 Å². The van der Waals surface area contributed by atoms with Crippen LogP contribution in [0.2, 0.25) is 0 Å². The summed E-state index contributed by atoms with van der Waals surface area (Å²) in [5.41, 5.74) is 0. The molecule has 2 atom stereocenters. The second-order valence-corrected chi connectivity index (χ2v) is 22.7. The predicted octanol–water partition coefficient (Wildman–Crippen LogP) is 18.4. The Balaban J connectivity index is 4.14. The van der Waals surface area contributed by atoms with Gasteiger partial charge in [-0.1, -0.05) is 240 Å². The van der Waals surface area contributed by atoms with E-state index in [9.17, 15) is 19.0 Å². The molecule has 0 bridgehead atoms. The molecule has 0 rings (SSSR count). The Labute approximate surface area is 456 Å². The molecule has 2 unspecified atom stereocenters. The minimum Gasteiger partial charge on any atom is -0.756 e. The molecular formula is C64H114NO8P. The molecule has 0 amide bonds. The number of nitrogens with zero attached hydrogens (tertiary/aromatic N) is 1. The number of allylic oxidation sites excluding steroid dienone is 14. The number of hydrogen-bond donors (Lipinski definition) is 0. The summed E-state index contributed by atoms with van der Waals surface area (Å²) in [7, 11) is 1.16. The number of carbonyl (C=O) groups excluding carboxylic acids is 2. The van der Waals surface area contributed by atoms with Gasteiger partial charge in [0, 0.05) is 12.8 Å². The fraction of sp³-hybridized carbons (Fsp3) is 0.750. The van der Waals surface area contributed by atoms with Crippen molar-refractivity contribution in [2.24, 2.45) is 0 Å². The van der Waals surface area contributed by atoms with Crippen molar-refractivity contribution < 1.29 is 42.1 Å². The largest absolute Gasteiger partial charge is 0.756 e. The lowest BCUT2D eigenvalue weighted by molar-refractivity contribution is -0.870. The topological polar surface area (TPSA) is 111 Å². The van der Waals surface area contributed by atoms with Gasteiger partial charge in [0.25, 0.3) is 7.82 Å². The second-order valence-electron chi connectivity index (χ2n) is 21.3. The summed E-state index contributed by atoms with van der Waals surface area (Å²) in [6, 6.07) is 0. The summed E-state index contributed by atoms with van der Waals surface area (Å²) in [6.07, 6.45) is 73.4. The summed E-state index contributed by atoms with van der Waals surface area (Å²) in [6.45, 7) is 4.13. The van der Waals surface area contributed by atoms with Crippen molar-refractivity contribution in [3.63, 3.8) is 0 Å². The van der Waals surface area contributed by atoms with E-state index in [1.807, 2.05) is 21.1 Å². The van der Waals surface area contributed by atoms with Crippen LogP contribution in [0.25, 0.3) is 0 Å². The molecule has 0 aliphatic rings. The van der Waals surface area contributed by atoms with Crippen molar-refractivity contribution in [3.05, 3.63) is 85.1 Å². The fourth-order valence-electron chi connectivity index (χ4n) is 8.24. The van der Waals surface area contributed by atoms with Crippen LogP contribution in [0.15, 0.2) is 85.1 Å². The Bertz CT molecular complexity index is 1520. The Kier molecular flexibility index (Phi) is 52.9. The van der Waals surface area contributed by atoms with Crippen LogP contribution < -0.4 is 4.89 Å². The van der Waals surface area contributed by atoms with Crippen LogP contribution in [-0.2, 0) is 32.7 Å². The zero-order valence-electron chi connectivity index (χ0n) is 48.5. The van der Waals surface area contributed by atoms with Gasteiger partial charge in [-0.15, -0.1) is 0 Å². The molecule has 428 valence electrons. The summed E-state index contributed by atoms with van der Waals surface area (Å²) >= 11 is 0. The molecular weight excluding hydrogens is 942 g/mol. The van der Waals surface area contributed by atoms with Crippen molar-refractivity contribution >= 4 is 19.8 Å². The highest BCUT2D eigenvalue weighted by atomic mass is 31.2. The van der Waals surface area contributed by atoms with E-state index >= 15 is 0 Å². The number of likely N-dealkylation sites (N-methyl/N-ethyl adjacent to an activating group) is 1. The van der Waals surface area contributed by atoms with Crippen molar-refractivity contribution in [2.45, 2.75) is 264 Å². The van der Waals surface area contributed by atoms with Gasteiger partial charge in [0.15, 0.2) is 6.10 Å². The van der Waals surface area contributed by atoms with Gasteiger partial charge in [-0.2, -0.15) is 0 Å². The molecule has 10 heteroatoms. The normalized spacial score (nSPS) is 13.9. The van der Waals surface area contributed by atoms with Gasteiger partial charge in [0.05, 0.1) is 27.7 Å². The third-order valence-electron chi connectivity index (χ3n) is 12.9. The molecule has 0 spiro atoms. The minimum atomic E-state index is -4.64. The number of ether oxygens (including phenoxy) is 2. The van der Waals surface area contributed by atoms with Crippen LogP contribution in [0.1, 0.15) is 258 Å². The lowest BCUT2D eigenvalue weighted by atomic mass is 10.0. The standard InChI is InChI=1S/C64H114NO8P/c1-6-8-10-12-14-16-18-20-22-24-26-28-29-30-31-32-33-34-35-37-39-41-43-45-47-49-51-53-55-57-64(67)73-62(61-72-74(68,69)71-59-58-65(3,4)5)60-70-63(66)56-54-52-50-48-46-44-42-40-38-36-27-25-23-21-19-17-15-13-11-9-7-2/h8,10,14,16,19-22,25-28,30-31,62H,6-7,9,11-13,15,17-18,23-24,29,32-61H2,1-5H3/b10-8-,16-14-,21-19-,22-20-,27-25-,28-26-,31-30-. The number of carbonyl (C=O) groups is 2. The minimum absolute atomic E-state index is 0.0345. The Hall–Kier alpha value is -2.81. The molecule has 0 aromatic rings. The monoisotopic (exact) mass is 1060 g/mol. The molecule has 0 aliphatic carbocycles. The number of rotatable bonds is 55. The summed E-state index contributed by atoms with van der Waals surface area (Å²) in [5, 5.41) is 0. The highest BCUT2D eigenvalue weighted by Crippen LogP contribution is 2.38. The number of hydrogen-bond acceptors (Lipinski definition) is 8. The van der Waals surface area contributed by atoms with E-state index in [2.05, 4.69) is 98.9 Å². The van der Waals surface area contributed by atoms with Gasteiger partial charge < -0.3 is 27.9 Å². The molecule has 0 fully saturated rings. The Morgan fingerprint density at radius 2 is 0.770 bits per heavy atom. The van der Waals surface area contributed by atoms with Crippen molar-refractivity contribution in [1.82, 2.24) is 0 Å². The first kappa shape index (κ1) is 71.2. The molecule has 0 saturated heterocycles. The van der Waals surface area contributed by atoms with Gasteiger partial charge in [0.2, 0.25) is 0 Å². The molecule has 0 aromatic carbocycles. The number of unbranched alkanes of at least 4 members (excludes halogenated alkanes) is 27. The predicted molar refractivity (Wildman–Crippen MR) is 314 cm³/mol. The maximum atomic E-state index is 12.8. The third-order valence-corrected chi connectivity index (χ3v) is 13.9. The van der Waals surface area contributed by atoms with E-state index < -0.39 is 26.5 Å². The van der Waals surface area contributed by atoms with Crippen molar-refractivity contribution in [2.75, 3.05) is 47.5 Å². The third kappa shape index (κ3) is 58.5. The lowest BCUT2D eigenvalue weighted by Gasteiger charge is -2.28. The Morgan fingerprint density at radius 1 is 0.432 bits per heavy atom. The molecule has 0 radical (unpaired) electrons. The second kappa shape index (κ2) is 55.0. The SMILES string of the molecule is CC/C=C\C/C=C\C/C=C\C/C=C\C/C=C\CCCCCCCCCCCCCCCC(=O)OC(COC(=O)CCCCCCCCCCC/C=C\C/C=C\CCCCCCC)COP(=O)([O-])OCC[N+](C)(C)C. The molecule has 0 aromatic heterocycles. The van der Waals surface area contributed by atoms with E-state index in [4.69, 9.17) is 18.5 Å². The number of phosphoric ester groups is 1. The zero-order chi connectivity index (χ0) is 54.2. The van der Waals surface area contributed by atoms with Gasteiger partial charge >= 0.3 is 11.9 Å². The van der Waals surface area contributed by atoms with E-state index in [0.717, 1.165) is 83.5 Å². The van der Waals surface area contributed by atoms with Crippen LogP contribution >= 0.6 is 7.82 Å². The Morgan fingerprint density at radius 3 is 1.15 bits per heavy atom. The molecule has 0 aliphatic heterocycles. The average molecular weight is 1060 g/mol. The maximum absolute atomic E-state index is 12.8. The van der Waals surface area contributed by atoms with Gasteiger partial charge in [-0.25, -0.2) is 0 Å². The first-order valence-corrected chi connectivity index (χ1v) is 31.8.